The summed E-state index contributed by atoms with van der Waals surface area (Å²) in [6, 6.07) is 0. The molecule has 1 aromatic heterocycles. The number of hydrogen-bond donors (Lipinski definition) is 1. The van der Waals surface area contributed by atoms with Gasteiger partial charge in [-0.25, -0.2) is 13.4 Å². The number of aryl methyl sites for hydroxylation is 1. The maximum absolute atomic E-state index is 12.5. The molecule has 0 radical (unpaired) electrons. The van der Waals surface area contributed by atoms with Gasteiger partial charge in [-0.1, -0.05) is 11.3 Å². The summed E-state index contributed by atoms with van der Waals surface area (Å²) in [4.78, 5) is 6.21. The summed E-state index contributed by atoms with van der Waals surface area (Å²) in [5.41, 5.74) is 6.06. The Morgan fingerprint density at radius 2 is 2.26 bits per heavy atom. The lowest BCUT2D eigenvalue weighted by Crippen LogP contribution is -2.32. The van der Waals surface area contributed by atoms with Gasteiger partial charge in [-0.15, -0.1) is 0 Å². The van der Waals surface area contributed by atoms with E-state index < -0.39 is 10.0 Å². The molecule has 8 heteroatoms. The Morgan fingerprint density at radius 1 is 1.58 bits per heavy atom. The average molecular weight is 304 g/mol. The highest BCUT2D eigenvalue weighted by molar-refractivity contribution is 7.91. The Balaban J connectivity index is 2.13. The second-order valence-electron chi connectivity index (χ2n) is 5.13. The SMILES string of the molecule is Cc1nc(N)sc1S(=O)(=O)N(C)CC1CCN(C)C1. The number of likely N-dealkylation sites (tertiary alicyclic amines) is 1. The second-order valence-corrected chi connectivity index (χ2v) is 8.40. The third-order valence-electron chi connectivity index (χ3n) is 3.42. The van der Waals surface area contributed by atoms with Crippen LogP contribution < -0.4 is 5.73 Å². The lowest BCUT2D eigenvalue weighted by molar-refractivity contribution is 0.357. The molecule has 0 amide bonds. The molecule has 1 fully saturated rings. The molecule has 1 saturated heterocycles. The third-order valence-corrected chi connectivity index (χ3v) is 6.82. The lowest BCUT2D eigenvalue weighted by Gasteiger charge is -2.20. The van der Waals surface area contributed by atoms with Gasteiger partial charge in [-0.2, -0.15) is 4.31 Å². The summed E-state index contributed by atoms with van der Waals surface area (Å²) in [5, 5.41) is 0.296. The minimum atomic E-state index is -3.46. The molecule has 1 aliphatic rings. The van der Waals surface area contributed by atoms with Gasteiger partial charge in [0.05, 0.1) is 5.69 Å². The fourth-order valence-electron chi connectivity index (χ4n) is 2.42. The van der Waals surface area contributed by atoms with E-state index in [-0.39, 0.29) is 4.21 Å². The van der Waals surface area contributed by atoms with E-state index in [9.17, 15) is 8.42 Å². The van der Waals surface area contributed by atoms with Crippen LogP contribution in [0, 0.1) is 12.8 Å². The largest absolute Gasteiger partial charge is 0.375 e. The molecule has 0 saturated carbocycles. The highest BCUT2D eigenvalue weighted by Gasteiger charge is 2.29. The van der Waals surface area contributed by atoms with Crippen molar-refractivity contribution in [2.24, 2.45) is 5.92 Å². The van der Waals surface area contributed by atoms with Crippen LogP contribution in [0.25, 0.3) is 0 Å². The lowest BCUT2D eigenvalue weighted by atomic mass is 10.1. The first kappa shape index (κ1) is 14.7. The van der Waals surface area contributed by atoms with Gasteiger partial charge in [0.15, 0.2) is 9.34 Å². The predicted octanol–water partition coefficient (Wildman–Crippen LogP) is 0.606. The van der Waals surface area contributed by atoms with Gasteiger partial charge in [-0.3, -0.25) is 0 Å². The number of thiazole rings is 1. The zero-order valence-corrected chi connectivity index (χ0v) is 13.1. The standard InChI is InChI=1S/C11H20N4O2S2/c1-8-10(18-11(12)13-8)19(16,17)15(3)7-9-4-5-14(2)6-9/h9H,4-7H2,1-3H3,(H2,12,13). The summed E-state index contributed by atoms with van der Waals surface area (Å²) >= 11 is 1.03. The molecule has 6 nitrogen and oxygen atoms in total. The minimum absolute atomic E-state index is 0.263. The van der Waals surface area contributed by atoms with Gasteiger partial charge in [0.25, 0.3) is 10.0 Å². The van der Waals surface area contributed by atoms with Crippen molar-refractivity contribution in [3.63, 3.8) is 0 Å². The van der Waals surface area contributed by atoms with Crippen LogP contribution in [0.3, 0.4) is 0 Å². The first-order valence-corrected chi connectivity index (χ1v) is 8.44. The molecule has 0 aromatic carbocycles. The highest BCUT2D eigenvalue weighted by atomic mass is 32.2. The van der Waals surface area contributed by atoms with Crippen molar-refractivity contribution in [3.05, 3.63) is 5.69 Å². The van der Waals surface area contributed by atoms with Crippen molar-refractivity contribution in [2.45, 2.75) is 17.6 Å². The van der Waals surface area contributed by atoms with Crippen LogP contribution in [0.2, 0.25) is 0 Å². The predicted molar refractivity (Wildman–Crippen MR) is 76.7 cm³/mol. The number of sulfonamides is 1. The van der Waals surface area contributed by atoms with E-state index >= 15 is 0 Å². The molecule has 1 aromatic rings. The molecule has 2 N–H and O–H groups in total. The highest BCUT2D eigenvalue weighted by Crippen LogP contribution is 2.28. The Hall–Kier alpha value is -0.700. The Bertz CT molecular complexity index is 555. The quantitative estimate of drug-likeness (QED) is 0.881. The van der Waals surface area contributed by atoms with Crippen molar-refractivity contribution < 1.29 is 8.42 Å². The van der Waals surface area contributed by atoms with Crippen molar-refractivity contribution >= 4 is 26.5 Å². The van der Waals surface area contributed by atoms with Crippen LogP contribution in [0.5, 0.6) is 0 Å². The monoisotopic (exact) mass is 304 g/mol. The van der Waals surface area contributed by atoms with Crippen LogP contribution in [0.4, 0.5) is 5.13 Å². The van der Waals surface area contributed by atoms with Crippen molar-refractivity contribution in [3.8, 4) is 0 Å². The number of nitrogens with zero attached hydrogens (tertiary/aromatic N) is 3. The van der Waals surface area contributed by atoms with Gasteiger partial charge < -0.3 is 10.6 Å². The minimum Gasteiger partial charge on any atom is -0.375 e. The molecule has 108 valence electrons. The Kier molecular flexibility index (Phi) is 4.14. The van der Waals surface area contributed by atoms with E-state index in [0.29, 0.717) is 23.3 Å². The van der Waals surface area contributed by atoms with Crippen molar-refractivity contribution in [1.82, 2.24) is 14.2 Å². The maximum atomic E-state index is 12.5. The van der Waals surface area contributed by atoms with Crippen molar-refractivity contribution in [1.29, 1.82) is 0 Å². The molecular formula is C11H20N4O2S2. The fourth-order valence-corrected chi connectivity index (χ4v) is 5.15. The number of rotatable bonds is 4. The molecule has 1 unspecified atom stereocenters. The molecule has 19 heavy (non-hydrogen) atoms. The molecule has 0 aliphatic carbocycles. The fraction of sp³-hybridized carbons (Fsp3) is 0.727. The van der Waals surface area contributed by atoms with E-state index in [1.54, 1.807) is 14.0 Å². The Morgan fingerprint density at radius 3 is 2.74 bits per heavy atom. The van der Waals surface area contributed by atoms with Gasteiger partial charge in [-0.05, 0) is 32.9 Å². The van der Waals surface area contributed by atoms with Gasteiger partial charge >= 0.3 is 0 Å². The normalized spacial score (nSPS) is 21.4. The molecule has 2 rings (SSSR count). The number of nitrogen functional groups attached to an aromatic ring is 1. The summed E-state index contributed by atoms with van der Waals surface area (Å²) < 4.78 is 26.6. The van der Waals surface area contributed by atoms with Crippen LogP contribution >= 0.6 is 11.3 Å². The average Bonchev–Trinajstić information content (AvgIpc) is 2.85. The van der Waals surface area contributed by atoms with E-state index in [1.165, 1.54) is 4.31 Å². The molecule has 0 bridgehead atoms. The van der Waals surface area contributed by atoms with Crippen LogP contribution in [-0.2, 0) is 10.0 Å². The molecule has 1 aliphatic heterocycles. The van der Waals surface area contributed by atoms with Gasteiger partial charge in [0.1, 0.15) is 0 Å². The number of hydrogen-bond acceptors (Lipinski definition) is 6. The zero-order chi connectivity index (χ0) is 14.2. The number of nitrogens with two attached hydrogens (primary N) is 1. The molecular weight excluding hydrogens is 284 g/mol. The van der Waals surface area contributed by atoms with Gasteiger partial charge in [0.2, 0.25) is 0 Å². The van der Waals surface area contributed by atoms with Crippen molar-refractivity contribution in [2.75, 3.05) is 39.5 Å². The smallest absolute Gasteiger partial charge is 0.254 e. The molecule has 2 heterocycles. The van der Waals surface area contributed by atoms with E-state index in [2.05, 4.69) is 16.9 Å². The zero-order valence-electron chi connectivity index (χ0n) is 11.5. The summed E-state index contributed by atoms with van der Waals surface area (Å²) in [5.74, 6) is 0.398. The number of anilines is 1. The van der Waals surface area contributed by atoms with Crippen LogP contribution in [0.15, 0.2) is 4.21 Å². The second kappa shape index (κ2) is 5.35. The summed E-state index contributed by atoms with van der Waals surface area (Å²) in [6.07, 6.45) is 1.04. The van der Waals surface area contributed by atoms with Crippen LogP contribution in [-0.4, -0.2) is 56.3 Å². The first-order valence-electron chi connectivity index (χ1n) is 6.18. The first-order chi connectivity index (χ1) is 8.80. The Labute approximate surface area is 118 Å². The summed E-state index contributed by atoms with van der Waals surface area (Å²) in [7, 11) is 0.223. The maximum Gasteiger partial charge on any atom is 0.254 e. The molecule has 0 spiro atoms. The summed E-state index contributed by atoms with van der Waals surface area (Å²) in [6.45, 7) is 4.20. The number of aromatic nitrogens is 1. The topological polar surface area (TPSA) is 79.5 Å². The van der Waals surface area contributed by atoms with Gasteiger partial charge in [0, 0.05) is 20.1 Å². The third kappa shape index (κ3) is 3.07. The van der Waals surface area contributed by atoms with E-state index in [4.69, 9.17) is 5.73 Å². The van der Waals surface area contributed by atoms with E-state index in [1.807, 2.05) is 0 Å². The van der Waals surface area contributed by atoms with E-state index in [0.717, 1.165) is 30.8 Å². The molecule has 1 atom stereocenters. The van der Waals surface area contributed by atoms with Crippen LogP contribution in [0.1, 0.15) is 12.1 Å².